The molecule has 21 heavy (non-hydrogen) atoms. The molecule has 0 aromatic heterocycles. The monoisotopic (exact) mass is 293 g/mol. The molecule has 2 aliphatic rings. The number of benzene rings is 1. The van der Waals surface area contributed by atoms with Gasteiger partial charge in [-0.15, -0.1) is 0 Å². The molecule has 0 radical (unpaired) electrons. The van der Waals surface area contributed by atoms with Gasteiger partial charge in [-0.2, -0.15) is 0 Å². The van der Waals surface area contributed by atoms with Crippen molar-refractivity contribution in [3.05, 3.63) is 30.1 Å². The second-order valence-electron chi connectivity index (χ2n) is 6.15. The van der Waals surface area contributed by atoms with E-state index >= 15 is 0 Å². The standard InChI is InChI=1S/C17H24FNO2/c18-15-3-5-16(6-4-15)21-17-7-9-19(10-8-17)12-14-2-1-11-20-13-14/h3-6,14,17H,1-2,7-13H2. The number of likely N-dealkylation sites (tertiary alicyclic amines) is 1. The molecule has 2 fully saturated rings. The lowest BCUT2D eigenvalue weighted by molar-refractivity contribution is 0.0261. The first kappa shape index (κ1) is 14.8. The highest BCUT2D eigenvalue weighted by atomic mass is 19.1. The van der Waals surface area contributed by atoms with Gasteiger partial charge in [0.05, 0.1) is 6.61 Å². The lowest BCUT2D eigenvalue weighted by Gasteiger charge is -2.35. The maximum atomic E-state index is 12.9. The van der Waals surface area contributed by atoms with Crippen LogP contribution in [0.5, 0.6) is 5.75 Å². The summed E-state index contributed by atoms with van der Waals surface area (Å²) in [4.78, 5) is 2.53. The summed E-state index contributed by atoms with van der Waals surface area (Å²) in [5.74, 6) is 1.26. The second-order valence-corrected chi connectivity index (χ2v) is 6.15. The third-order valence-electron chi connectivity index (χ3n) is 4.42. The van der Waals surface area contributed by atoms with Gasteiger partial charge in [0.15, 0.2) is 0 Å². The number of hydrogen-bond acceptors (Lipinski definition) is 3. The van der Waals surface area contributed by atoms with Gasteiger partial charge in [0.25, 0.3) is 0 Å². The molecule has 1 aromatic carbocycles. The van der Waals surface area contributed by atoms with E-state index in [4.69, 9.17) is 9.47 Å². The Morgan fingerprint density at radius 1 is 1.14 bits per heavy atom. The largest absolute Gasteiger partial charge is 0.490 e. The van der Waals surface area contributed by atoms with E-state index in [-0.39, 0.29) is 11.9 Å². The van der Waals surface area contributed by atoms with Crippen LogP contribution in [0.25, 0.3) is 0 Å². The highest BCUT2D eigenvalue weighted by Crippen LogP contribution is 2.21. The Balaban J connectivity index is 1.41. The van der Waals surface area contributed by atoms with Crippen LogP contribution in [0.3, 0.4) is 0 Å². The Morgan fingerprint density at radius 2 is 1.90 bits per heavy atom. The zero-order chi connectivity index (χ0) is 14.5. The molecule has 0 N–H and O–H groups in total. The summed E-state index contributed by atoms with van der Waals surface area (Å²) < 4.78 is 24.3. The Hall–Kier alpha value is -1.13. The first-order chi connectivity index (χ1) is 10.3. The lowest BCUT2D eigenvalue weighted by atomic mass is 9.99. The summed E-state index contributed by atoms with van der Waals surface area (Å²) >= 11 is 0. The minimum Gasteiger partial charge on any atom is -0.490 e. The predicted molar refractivity (Wildman–Crippen MR) is 80.0 cm³/mol. The van der Waals surface area contributed by atoms with E-state index < -0.39 is 0 Å². The van der Waals surface area contributed by atoms with Crippen LogP contribution in [-0.4, -0.2) is 43.9 Å². The summed E-state index contributed by atoms with van der Waals surface area (Å²) in [5, 5.41) is 0. The molecule has 3 nitrogen and oxygen atoms in total. The molecule has 0 spiro atoms. The van der Waals surface area contributed by atoms with E-state index in [0.717, 1.165) is 51.4 Å². The quantitative estimate of drug-likeness (QED) is 0.851. The van der Waals surface area contributed by atoms with Crippen LogP contribution in [0.4, 0.5) is 4.39 Å². The molecule has 0 amide bonds. The summed E-state index contributed by atoms with van der Waals surface area (Å²) in [5.41, 5.74) is 0. The van der Waals surface area contributed by atoms with Gasteiger partial charge in [-0.05, 0) is 55.9 Å². The molecule has 0 saturated carbocycles. The number of piperidine rings is 1. The average Bonchev–Trinajstić information content (AvgIpc) is 2.53. The van der Waals surface area contributed by atoms with Crippen molar-refractivity contribution >= 4 is 0 Å². The molecule has 4 heteroatoms. The molecule has 1 aromatic rings. The SMILES string of the molecule is Fc1ccc(OC2CCN(CC3CCCOC3)CC2)cc1. The van der Waals surface area contributed by atoms with Crippen LogP contribution < -0.4 is 4.74 Å². The number of halogens is 1. The van der Waals surface area contributed by atoms with Crippen molar-refractivity contribution in [3.8, 4) is 5.75 Å². The van der Waals surface area contributed by atoms with Gasteiger partial charge in [-0.1, -0.05) is 0 Å². The van der Waals surface area contributed by atoms with Crippen LogP contribution in [0.1, 0.15) is 25.7 Å². The third-order valence-corrected chi connectivity index (χ3v) is 4.42. The van der Waals surface area contributed by atoms with E-state index in [0.29, 0.717) is 5.92 Å². The fraction of sp³-hybridized carbons (Fsp3) is 0.647. The fourth-order valence-electron chi connectivity index (χ4n) is 3.23. The molecule has 116 valence electrons. The summed E-state index contributed by atoms with van der Waals surface area (Å²) in [6.45, 7) is 5.18. The fourth-order valence-corrected chi connectivity index (χ4v) is 3.23. The van der Waals surface area contributed by atoms with Crippen LogP contribution in [0, 0.1) is 11.7 Å². The van der Waals surface area contributed by atoms with Crippen molar-refractivity contribution < 1.29 is 13.9 Å². The van der Waals surface area contributed by atoms with Crippen LogP contribution >= 0.6 is 0 Å². The summed E-state index contributed by atoms with van der Waals surface area (Å²) in [6.07, 6.45) is 4.85. The van der Waals surface area contributed by atoms with Crippen molar-refractivity contribution in [1.29, 1.82) is 0 Å². The second kappa shape index (κ2) is 7.23. The van der Waals surface area contributed by atoms with E-state index in [2.05, 4.69) is 4.90 Å². The van der Waals surface area contributed by atoms with Gasteiger partial charge in [-0.25, -0.2) is 4.39 Å². The summed E-state index contributed by atoms with van der Waals surface area (Å²) in [6, 6.07) is 6.32. The van der Waals surface area contributed by atoms with Crippen molar-refractivity contribution in [2.75, 3.05) is 32.8 Å². The van der Waals surface area contributed by atoms with Gasteiger partial charge in [-0.3, -0.25) is 0 Å². The lowest BCUT2D eigenvalue weighted by Crippen LogP contribution is -2.42. The Morgan fingerprint density at radius 3 is 2.57 bits per heavy atom. The molecular weight excluding hydrogens is 269 g/mol. The maximum absolute atomic E-state index is 12.9. The topological polar surface area (TPSA) is 21.7 Å². The van der Waals surface area contributed by atoms with Crippen molar-refractivity contribution in [1.82, 2.24) is 4.90 Å². The van der Waals surface area contributed by atoms with E-state index in [1.165, 1.54) is 25.0 Å². The van der Waals surface area contributed by atoms with Gasteiger partial charge in [0.2, 0.25) is 0 Å². The number of rotatable bonds is 4. The molecule has 2 saturated heterocycles. The maximum Gasteiger partial charge on any atom is 0.123 e. The minimum atomic E-state index is -0.216. The smallest absolute Gasteiger partial charge is 0.123 e. The van der Waals surface area contributed by atoms with Crippen molar-refractivity contribution in [3.63, 3.8) is 0 Å². The highest BCUT2D eigenvalue weighted by Gasteiger charge is 2.23. The Bertz CT molecular complexity index is 423. The normalized spacial score (nSPS) is 24.9. The van der Waals surface area contributed by atoms with Gasteiger partial charge in [0.1, 0.15) is 17.7 Å². The average molecular weight is 293 g/mol. The van der Waals surface area contributed by atoms with Crippen LogP contribution in [0.2, 0.25) is 0 Å². The molecule has 2 heterocycles. The minimum absolute atomic E-state index is 0.216. The van der Waals surface area contributed by atoms with E-state index in [9.17, 15) is 4.39 Å². The first-order valence-corrected chi connectivity index (χ1v) is 8.02. The molecule has 1 atom stereocenters. The molecular formula is C17H24FNO2. The van der Waals surface area contributed by atoms with Gasteiger partial charge >= 0.3 is 0 Å². The zero-order valence-electron chi connectivity index (χ0n) is 12.5. The molecule has 1 unspecified atom stereocenters. The molecule has 2 aliphatic heterocycles. The zero-order valence-corrected chi connectivity index (χ0v) is 12.5. The van der Waals surface area contributed by atoms with Crippen LogP contribution in [-0.2, 0) is 4.74 Å². The molecule has 3 rings (SSSR count). The first-order valence-electron chi connectivity index (χ1n) is 8.02. The Kier molecular flexibility index (Phi) is 5.09. The van der Waals surface area contributed by atoms with Gasteiger partial charge < -0.3 is 14.4 Å². The number of ether oxygens (including phenoxy) is 2. The number of nitrogens with zero attached hydrogens (tertiary/aromatic N) is 1. The van der Waals surface area contributed by atoms with E-state index in [1.807, 2.05) is 0 Å². The molecule has 0 bridgehead atoms. The van der Waals surface area contributed by atoms with Crippen LogP contribution in [0.15, 0.2) is 24.3 Å². The third kappa shape index (κ3) is 4.42. The molecule has 0 aliphatic carbocycles. The Labute approximate surface area is 126 Å². The predicted octanol–water partition coefficient (Wildman–Crippen LogP) is 3.10. The van der Waals surface area contributed by atoms with Crippen molar-refractivity contribution in [2.45, 2.75) is 31.8 Å². The van der Waals surface area contributed by atoms with E-state index in [1.54, 1.807) is 12.1 Å². The van der Waals surface area contributed by atoms with Gasteiger partial charge in [0, 0.05) is 26.2 Å². The number of hydrogen-bond donors (Lipinski definition) is 0. The van der Waals surface area contributed by atoms with Crippen molar-refractivity contribution in [2.24, 2.45) is 5.92 Å². The summed E-state index contributed by atoms with van der Waals surface area (Å²) in [7, 11) is 0. The highest BCUT2D eigenvalue weighted by molar-refractivity contribution is 5.22.